The van der Waals surface area contributed by atoms with E-state index in [0.717, 1.165) is 49.0 Å². The molecule has 3 heterocycles. The van der Waals surface area contributed by atoms with Crippen molar-refractivity contribution in [1.82, 2.24) is 10.6 Å². The van der Waals surface area contributed by atoms with Gasteiger partial charge in [0, 0.05) is 41.2 Å². The molecule has 0 bridgehead atoms. The normalized spacial score (nSPS) is 12.8. The van der Waals surface area contributed by atoms with Crippen molar-refractivity contribution in [2.24, 2.45) is 17.0 Å². The van der Waals surface area contributed by atoms with Crippen LogP contribution < -0.4 is 27.6 Å². The van der Waals surface area contributed by atoms with E-state index in [9.17, 15) is 0 Å². The molecule has 0 radical (unpaired) electrons. The van der Waals surface area contributed by atoms with Crippen LogP contribution in [-0.4, -0.2) is 59.8 Å². The zero-order valence-electron chi connectivity index (χ0n) is 20.7. The zero-order valence-corrected chi connectivity index (χ0v) is 23.1. The van der Waals surface area contributed by atoms with Crippen LogP contribution in [-0.2, 0) is 7.05 Å². The number of nitrogens with one attached hydrogen (secondary N) is 2. The highest BCUT2D eigenvalue weighted by Crippen LogP contribution is 2.32. The Morgan fingerprint density at radius 3 is 1.68 bits per heavy atom. The number of hydrogen-bond acceptors (Lipinski definition) is 4. The summed E-state index contributed by atoms with van der Waals surface area (Å²) < 4.78 is 2.32. The van der Waals surface area contributed by atoms with Gasteiger partial charge in [0.15, 0.2) is 0 Å². The summed E-state index contributed by atoms with van der Waals surface area (Å²) in [6, 6.07) is 24.0. The largest absolute Gasteiger partial charge is 1.00 e. The number of aromatic nitrogens is 1. The van der Waals surface area contributed by atoms with Gasteiger partial charge in [-0.15, -0.1) is 24.8 Å². The lowest BCUT2D eigenvalue weighted by molar-refractivity contribution is -0.632. The predicted octanol–water partition coefficient (Wildman–Crippen LogP) is -2.27. The number of fused-ring (bicyclic) bond motifs is 3. The van der Waals surface area contributed by atoms with E-state index in [1.54, 1.807) is 0 Å². The number of halogens is 3. The number of aliphatic imine (C=N–C) groups is 2. The summed E-state index contributed by atoms with van der Waals surface area (Å²) in [6.45, 7) is 3.50. The Balaban J connectivity index is 0. The molecule has 208 valence electrons. The van der Waals surface area contributed by atoms with E-state index in [4.69, 9.17) is 0 Å². The van der Waals surface area contributed by atoms with Crippen molar-refractivity contribution >= 4 is 58.2 Å². The van der Waals surface area contributed by atoms with Crippen LogP contribution >= 0.6 is 24.8 Å². The number of amidine groups is 2. The first-order valence-corrected chi connectivity index (χ1v) is 10.8. The third-order valence-corrected chi connectivity index (χ3v) is 6.20. The van der Waals surface area contributed by atoms with Gasteiger partial charge in [0.1, 0.15) is 18.7 Å². The molecule has 0 unspecified atom stereocenters. The summed E-state index contributed by atoms with van der Waals surface area (Å²) in [5.41, 5.74) is 5.89. The summed E-state index contributed by atoms with van der Waals surface area (Å²) in [4.78, 5) is 9.25. The summed E-state index contributed by atoms with van der Waals surface area (Å²) in [7, 11) is 2.16. The molecule has 0 aliphatic carbocycles. The van der Waals surface area contributed by atoms with E-state index in [2.05, 4.69) is 99.0 Å². The Morgan fingerprint density at radius 1 is 0.632 bits per heavy atom. The van der Waals surface area contributed by atoms with Crippen molar-refractivity contribution in [3.8, 4) is 11.3 Å². The average molecular weight is 587 g/mol. The van der Waals surface area contributed by atoms with E-state index in [0.29, 0.717) is 0 Å². The van der Waals surface area contributed by atoms with Gasteiger partial charge in [0.05, 0.1) is 23.9 Å². The third-order valence-electron chi connectivity index (χ3n) is 6.20. The predicted molar refractivity (Wildman–Crippen MR) is 156 cm³/mol. The number of benzene rings is 3. The van der Waals surface area contributed by atoms with Crippen LogP contribution in [0.5, 0.6) is 0 Å². The van der Waals surface area contributed by atoms with Crippen LogP contribution in [0.3, 0.4) is 0 Å². The van der Waals surface area contributed by atoms with E-state index in [1.807, 2.05) is 0 Å². The Kier molecular flexibility index (Phi) is 15.1. The van der Waals surface area contributed by atoms with Gasteiger partial charge in [-0.3, -0.25) is 9.98 Å². The highest BCUT2D eigenvalue weighted by molar-refractivity contribution is 6.13. The van der Waals surface area contributed by atoms with E-state index >= 15 is 0 Å². The molecule has 1 aromatic heterocycles. The van der Waals surface area contributed by atoms with E-state index in [1.165, 1.54) is 32.9 Å². The van der Waals surface area contributed by atoms with Gasteiger partial charge < -0.3 is 44.9 Å². The van der Waals surface area contributed by atoms with Crippen molar-refractivity contribution in [2.45, 2.75) is 0 Å². The molecule has 3 aromatic carbocycles. The first kappa shape index (κ1) is 37.1. The summed E-state index contributed by atoms with van der Waals surface area (Å²) in [6.07, 6.45) is 0. The maximum atomic E-state index is 4.63. The standard InChI is InChI=1S/C26H24N5.3ClH.4H2O/c1-31-23-16-19(26-29-13-14-30-26)8-10-21(23)20-9-7-18(25-27-11-12-28-25)15-22(20)24(31)17-5-3-2-4-6-17;;;;;;;/h2-10,15-16H,11-14H2,1H3,(H,27,28)(H,29,30);3*1H;4*1H2/q+1;;;;;;;/p-1. The Labute approximate surface area is 239 Å². The second-order valence-corrected chi connectivity index (χ2v) is 8.08. The molecule has 0 saturated heterocycles. The number of pyridine rings is 1. The topological polar surface area (TPSA) is 179 Å². The highest BCUT2D eigenvalue weighted by Gasteiger charge is 2.23. The maximum Gasteiger partial charge on any atom is 0.220 e. The van der Waals surface area contributed by atoms with Crippen molar-refractivity contribution in [3.05, 3.63) is 77.9 Å². The lowest BCUT2D eigenvalue weighted by Gasteiger charge is -2.12. The van der Waals surface area contributed by atoms with Gasteiger partial charge in [-0.25, -0.2) is 0 Å². The first-order chi connectivity index (χ1) is 15.3. The maximum absolute atomic E-state index is 4.63. The first-order valence-electron chi connectivity index (χ1n) is 10.8. The number of aryl methyl sites for hydroxylation is 1. The molecule has 0 fully saturated rings. The molecule has 9 nitrogen and oxygen atoms in total. The van der Waals surface area contributed by atoms with Crippen LogP contribution in [0.15, 0.2) is 76.7 Å². The lowest BCUT2D eigenvalue weighted by atomic mass is 9.96. The molecular weight excluding hydrogens is 553 g/mol. The molecule has 38 heavy (non-hydrogen) atoms. The fourth-order valence-corrected chi connectivity index (χ4v) is 4.74. The number of nitrogens with zero attached hydrogens (tertiary/aromatic N) is 3. The lowest BCUT2D eigenvalue weighted by Crippen LogP contribution is -3.00. The minimum absolute atomic E-state index is 0. The Morgan fingerprint density at radius 2 is 1.16 bits per heavy atom. The minimum atomic E-state index is 0. The molecule has 0 spiro atoms. The molecular formula is C26H34Cl3N5O4. The molecule has 6 rings (SSSR count). The summed E-state index contributed by atoms with van der Waals surface area (Å²) in [5, 5.41) is 10.5. The molecule has 2 aliphatic heterocycles. The van der Waals surface area contributed by atoms with Gasteiger partial charge in [-0.1, -0.05) is 36.4 Å². The quantitative estimate of drug-likeness (QED) is 0.203. The molecule has 0 saturated carbocycles. The third kappa shape index (κ3) is 6.33. The van der Waals surface area contributed by atoms with Crippen molar-refractivity contribution in [2.75, 3.05) is 26.2 Å². The highest BCUT2D eigenvalue weighted by atomic mass is 35.5. The van der Waals surface area contributed by atoms with E-state index < -0.39 is 0 Å². The van der Waals surface area contributed by atoms with Gasteiger partial charge in [0.25, 0.3) is 0 Å². The van der Waals surface area contributed by atoms with Crippen molar-refractivity contribution in [1.29, 1.82) is 0 Å². The fraction of sp³-hybridized carbons (Fsp3) is 0.192. The zero-order chi connectivity index (χ0) is 20.8. The summed E-state index contributed by atoms with van der Waals surface area (Å²) >= 11 is 0. The smallest absolute Gasteiger partial charge is 0.220 e. The van der Waals surface area contributed by atoms with Crippen LogP contribution in [0.4, 0.5) is 0 Å². The van der Waals surface area contributed by atoms with Crippen LogP contribution in [0.2, 0.25) is 0 Å². The minimum Gasteiger partial charge on any atom is -1.00 e. The fourth-order valence-electron chi connectivity index (χ4n) is 4.74. The van der Waals surface area contributed by atoms with Gasteiger partial charge in [-0.05, 0) is 24.3 Å². The summed E-state index contributed by atoms with van der Waals surface area (Å²) in [5.74, 6) is 1.98. The van der Waals surface area contributed by atoms with E-state index in [-0.39, 0.29) is 59.1 Å². The van der Waals surface area contributed by atoms with Gasteiger partial charge in [-0.2, -0.15) is 4.57 Å². The Hall–Kier alpha value is -3.02. The van der Waals surface area contributed by atoms with Gasteiger partial charge in [0.2, 0.25) is 11.2 Å². The molecule has 2 aliphatic rings. The average Bonchev–Trinajstić information content (AvgIpc) is 3.54. The van der Waals surface area contributed by atoms with Crippen molar-refractivity contribution < 1.29 is 38.9 Å². The molecule has 12 heteroatoms. The van der Waals surface area contributed by atoms with Crippen LogP contribution in [0, 0.1) is 0 Å². The second-order valence-electron chi connectivity index (χ2n) is 8.08. The SMILES string of the molecule is C[n+]1c(-c2ccccc2)c2cc(C3=NCCN3)ccc2c2ccc(C3=NCCN3)cc21.Cl.Cl.O.O.O.O.[Cl-]. The monoisotopic (exact) mass is 585 g/mol. The Bertz CT molecular complexity index is 1420. The molecule has 4 aromatic rings. The number of hydrogen-bond donors (Lipinski definition) is 2. The second kappa shape index (κ2) is 15.4. The number of rotatable bonds is 3. The molecule has 0 amide bonds. The van der Waals surface area contributed by atoms with Crippen LogP contribution in [0.1, 0.15) is 11.1 Å². The van der Waals surface area contributed by atoms with Gasteiger partial charge >= 0.3 is 0 Å². The molecule has 10 N–H and O–H groups in total. The molecule has 0 atom stereocenters. The van der Waals surface area contributed by atoms with Crippen LogP contribution in [0.25, 0.3) is 32.9 Å². The van der Waals surface area contributed by atoms with Crippen molar-refractivity contribution in [3.63, 3.8) is 0 Å².